The summed E-state index contributed by atoms with van der Waals surface area (Å²) in [7, 11) is -9.88. The lowest BCUT2D eigenvalue weighted by Crippen LogP contribution is -2.30. The lowest BCUT2D eigenvalue weighted by molar-refractivity contribution is -0.161. The highest BCUT2D eigenvalue weighted by Crippen LogP contribution is 2.45. The number of hydrogen-bond acceptors (Lipinski definition) is 15. The molecule has 0 aromatic heterocycles. The SMILES string of the molecule is CCCCCCCCCCCCCCCCC(=O)O[C@H](COC(=O)CCCCCCCCCCCCCCC)COP(=O)(O)OC[C@@H](O)COP(=O)(O)OC[C@@H](COC(=O)CCCCCCCCC)OC(=O)CCCCCCCCCC(C)C. The standard InChI is InChI=1S/C65H126O17P2/c1-6-9-12-15-18-20-22-24-26-28-30-35-40-45-50-64(69)81-61(55-76-63(68)49-44-39-34-29-27-25-23-21-19-16-13-10-7-2)57-80-84(73,74)78-53-59(66)52-77-83(71,72)79-56-60(54-75-62(67)48-43-38-32-17-14-11-8-3)82-65(70)51-46-41-36-31-33-37-42-47-58(4)5/h58-61,66H,6-57H2,1-5H3,(H,71,72)(H,73,74)/t59-,60+,61+/m0/s1. The number of rotatable bonds is 65. The molecule has 0 fully saturated rings. The van der Waals surface area contributed by atoms with Crippen molar-refractivity contribution in [1.29, 1.82) is 0 Å². The summed E-state index contributed by atoms with van der Waals surface area (Å²) in [5.41, 5.74) is 0. The zero-order valence-corrected chi connectivity index (χ0v) is 55.8. The number of phosphoric acid groups is 2. The number of aliphatic hydroxyl groups is 1. The fourth-order valence-corrected chi connectivity index (χ4v) is 11.3. The van der Waals surface area contributed by atoms with Crippen LogP contribution in [0.3, 0.4) is 0 Å². The van der Waals surface area contributed by atoms with Gasteiger partial charge in [-0.2, -0.15) is 0 Å². The van der Waals surface area contributed by atoms with E-state index in [2.05, 4.69) is 34.6 Å². The number of ether oxygens (including phenoxy) is 4. The summed E-state index contributed by atoms with van der Waals surface area (Å²) in [6, 6.07) is 0. The molecule has 0 aromatic carbocycles. The van der Waals surface area contributed by atoms with E-state index in [4.69, 9.17) is 37.0 Å². The van der Waals surface area contributed by atoms with Crippen molar-refractivity contribution in [2.75, 3.05) is 39.6 Å². The van der Waals surface area contributed by atoms with Crippen LogP contribution in [0.25, 0.3) is 0 Å². The minimum absolute atomic E-state index is 0.103. The molecule has 0 aliphatic carbocycles. The highest BCUT2D eigenvalue weighted by atomic mass is 31.2. The smallest absolute Gasteiger partial charge is 0.462 e. The second-order valence-corrected chi connectivity index (χ2v) is 26.9. The van der Waals surface area contributed by atoms with Gasteiger partial charge in [0.1, 0.15) is 19.3 Å². The average molecular weight is 1240 g/mol. The van der Waals surface area contributed by atoms with E-state index in [0.29, 0.717) is 31.6 Å². The molecule has 19 heteroatoms. The number of carbonyl (C=O) groups excluding carboxylic acids is 4. The molecule has 0 heterocycles. The Bertz CT molecular complexity index is 1640. The Morgan fingerprint density at radius 2 is 0.548 bits per heavy atom. The van der Waals surface area contributed by atoms with Crippen LogP contribution >= 0.6 is 15.6 Å². The second kappa shape index (κ2) is 58.7. The maximum absolute atomic E-state index is 13.0. The van der Waals surface area contributed by atoms with Gasteiger partial charge in [0.2, 0.25) is 0 Å². The van der Waals surface area contributed by atoms with Crippen LogP contribution in [0.5, 0.6) is 0 Å². The fraction of sp³-hybridized carbons (Fsp3) is 0.938. The molecule has 5 atom stereocenters. The number of phosphoric ester groups is 2. The zero-order chi connectivity index (χ0) is 62.0. The monoisotopic (exact) mass is 1240 g/mol. The third-order valence-electron chi connectivity index (χ3n) is 15.0. The van der Waals surface area contributed by atoms with Gasteiger partial charge < -0.3 is 33.8 Å². The second-order valence-electron chi connectivity index (χ2n) is 24.0. The minimum atomic E-state index is -4.94. The molecular formula is C65H126O17P2. The van der Waals surface area contributed by atoms with E-state index in [9.17, 15) is 43.2 Å². The van der Waals surface area contributed by atoms with Crippen molar-refractivity contribution in [3.63, 3.8) is 0 Å². The van der Waals surface area contributed by atoms with Crippen LogP contribution < -0.4 is 0 Å². The normalized spacial score (nSPS) is 14.2. The van der Waals surface area contributed by atoms with Crippen LogP contribution in [-0.2, 0) is 65.4 Å². The molecule has 0 aliphatic heterocycles. The van der Waals surface area contributed by atoms with Gasteiger partial charge in [-0.3, -0.25) is 37.3 Å². The fourth-order valence-electron chi connectivity index (χ4n) is 9.76. The minimum Gasteiger partial charge on any atom is -0.462 e. The highest BCUT2D eigenvalue weighted by Gasteiger charge is 2.30. The zero-order valence-electron chi connectivity index (χ0n) is 54.0. The maximum Gasteiger partial charge on any atom is 0.472 e. The van der Waals surface area contributed by atoms with Crippen molar-refractivity contribution in [3.05, 3.63) is 0 Å². The molecule has 498 valence electrons. The van der Waals surface area contributed by atoms with Crippen molar-refractivity contribution >= 4 is 39.5 Å². The molecule has 0 saturated heterocycles. The molecule has 17 nitrogen and oxygen atoms in total. The molecule has 84 heavy (non-hydrogen) atoms. The number of unbranched alkanes of at least 4 members (excludes halogenated alkanes) is 37. The molecule has 0 radical (unpaired) electrons. The lowest BCUT2D eigenvalue weighted by Gasteiger charge is -2.21. The van der Waals surface area contributed by atoms with Gasteiger partial charge in [0.15, 0.2) is 12.2 Å². The van der Waals surface area contributed by atoms with Gasteiger partial charge in [-0.15, -0.1) is 0 Å². The van der Waals surface area contributed by atoms with Crippen molar-refractivity contribution in [2.45, 2.75) is 348 Å². The van der Waals surface area contributed by atoms with Gasteiger partial charge in [0.05, 0.1) is 26.4 Å². The molecule has 0 amide bonds. The lowest BCUT2D eigenvalue weighted by atomic mass is 10.0. The van der Waals surface area contributed by atoms with E-state index in [1.807, 2.05) is 0 Å². The maximum atomic E-state index is 13.0. The van der Waals surface area contributed by atoms with Gasteiger partial charge >= 0.3 is 39.5 Å². The van der Waals surface area contributed by atoms with Gasteiger partial charge in [0, 0.05) is 25.7 Å². The van der Waals surface area contributed by atoms with E-state index in [0.717, 1.165) is 103 Å². The number of hydrogen-bond donors (Lipinski definition) is 3. The molecule has 2 unspecified atom stereocenters. The number of carbonyl (C=O) groups is 4. The molecule has 0 aliphatic rings. The Kier molecular flexibility index (Phi) is 57.4. The van der Waals surface area contributed by atoms with Crippen LogP contribution in [0.2, 0.25) is 0 Å². The molecular weight excluding hydrogens is 1110 g/mol. The summed E-state index contributed by atoms with van der Waals surface area (Å²) in [6.07, 6.45) is 43.2. The third kappa shape index (κ3) is 59.0. The van der Waals surface area contributed by atoms with Gasteiger partial charge in [0.25, 0.3) is 0 Å². The van der Waals surface area contributed by atoms with E-state index < -0.39 is 97.5 Å². The predicted molar refractivity (Wildman–Crippen MR) is 335 cm³/mol. The van der Waals surface area contributed by atoms with Crippen molar-refractivity contribution in [3.8, 4) is 0 Å². The molecule has 0 bridgehead atoms. The van der Waals surface area contributed by atoms with Crippen molar-refractivity contribution < 1.29 is 80.2 Å². The van der Waals surface area contributed by atoms with E-state index in [1.54, 1.807) is 0 Å². The first-order chi connectivity index (χ1) is 40.5. The molecule has 3 N–H and O–H groups in total. The summed E-state index contributed by atoms with van der Waals surface area (Å²) < 4.78 is 68.0. The molecule has 0 saturated carbocycles. The van der Waals surface area contributed by atoms with Crippen molar-refractivity contribution in [1.82, 2.24) is 0 Å². The van der Waals surface area contributed by atoms with Crippen LogP contribution in [-0.4, -0.2) is 96.7 Å². The van der Waals surface area contributed by atoms with E-state index >= 15 is 0 Å². The van der Waals surface area contributed by atoms with Gasteiger partial charge in [-0.25, -0.2) is 9.13 Å². The molecule has 0 rings (SSSR count). The van der Waals surface area contributed by atoms with E-state index in [-0.39, 0.29) is 25.7 Å². The van der Waals surface area contributed by atoms with Crippen molar-refractivity contribution in [2.24, 2.45) is 5.92 Å². The average Bonchev–Trinajstić information content (AvgIpc) is 3.65. The Morgan fingerprint density at radius 1 is 0.321 bits per heavy atom. The van der Waals surface area contributed by atoms with Crippen LogP contribution in [0, 0.1) is 5.92 Å². The van der Waals surface area contributed by atoms with Crippen LogP contribution in [0.4, 0.5) is 0 Å². The first kappa shape index (κ1) is 82.1. The molecule has 0 spiro atoms. The van der Waals surface area contributed by atoms with Gasteiger partial charge in [-0.1, -0.05) is 279 Å². The molecule has 0 aromatic rings. The number of aliphatic hydroxyl groups excluding tert-OH is 1. The summed E-state index contributed by atoms with van der Waals surface area (Å²) in [5.74, 6) is -1.44. The quantitative estimate of drug-likeness (QED) is 0.0222. The first-order valence-corrected chi connectivity index (χ1v) is 37.1. The van der Waals surface area contributed by atoms with Gasteiger partial charge in [-0.05, 0) is 31.6 Å². The first-order valence-electron chi connectivity index (χ1n) is 34.1. The summed E-state index contributed by atoms with van der Waals surface area (Å²) in [5, 5.41) is 10.5. The summed E-state index contributed by atoms with van der Waals surface area (Å²) in [4.78, 5) is 72.2. The number of esters is 4. The Labute approximate surface area is 511 Å². The Hall–Kier alpha value is -1.94. The van der Waals surface area contributed by atoms with E-state index in [1.165, 1.54) is 141 Å². The van der Waals surface area contributed by atoms with Crippen LogP contribution in [0.1, 0.15) is 330 Å². The summed E-state index contributed by atoms with van der Waals surface area (Å²) >= 11 is 0. The Morgan fingerprint density at radius 3 is 0.810 bits per heavy atom. The Balaban J connectivity index is 5.21. The van der Waals surface area contributed by atoms with Crippen LogP contribution in [0.15, 0.2) is 0 Å². The highest BCUT2D eigenvalue weighted by molar-refractivity contribution is 7.47. The third-order valence-corrected chi connectivity index (χ3v) is 16.9. The largest absolute Gasteiger partial charge is 0.472 e. The summed E-state index contributed by atoms with van der Waals surface area (Å²) in [6.45, 7) is 7.11. The topological polar surface area (TPSA) is 237 Å². The predicted octanol–water partition coefficient (Wildman–Crippen LogP) is 18.2.